The highest BCUT2D eigenvalue weighted by Crippen LogP contribution is 2.38. The first-order chi connectivity index (χ1) is 18.6. The average molecular weight is 516 g/mol. The van der Waals surface area contributed by atoms with Gasteiger partial charge in [0.05, 0.1) is 0 Å². The van der Waals surface area contributed by atoms with Crippen LogP contribution in [0.2, 0.25) is 0 Å². The molecule has 0 bridgehead atoms. The number of carbonyl (C=O) groups is 1. The Hall–Kier alpha value is -4.02. The van der Waals surface area contributed by atoms with Crippen molar-refractivity contribution in [2.75, 3.05) is 4.90 Å². The molecule has 1 heterocycles. The van der Waals surface area contributed by atoms with Crippen LogP contribution in [0.3, 0.4) is 0 Å². The summed E-state index contributed by atoms with van der Waals surface area (Å²) in [7, 11) is 0. The summed E-state index contributed by atoms with van der Waals surface area (Å²) in [5.41, 5.74) is 6.64. The summed E-state index contributed by atoms with van der Waals surface area (Å²) in [5.74, 6) is 0.879. The summed E-state index contributed by atoms with van der Waals surface area (Å²) in [5, 5.41) is 2.31. The Labute approximate surface area is 229 Å². The van der Waals surface area contributed by atoms with Gasteiger partial charge in [-0.15, -0.1) is 12.6 Å². The number of thiol groups is 1. The molecule has 0 N–H and O–H groups in total. The Bertz CT molecular complexity index is 1600. The molecule has 0 fully saturated rings. The van der Waals surface area contributed by atoms with Gasteiger partial charge in [-0.25, -0.2) is 0 Å². The monoisotopic (exact) mass is 515 g/mol. The van der Waals surface area contributed by atoms with Crippen molar-refractivity contribution in [2.45, 2.75) is 32.0 Å². The maximum atomic E-state index is 12.2. The molecule has 188 valence electrons. The van der Waals surface area contributed by atoms with Crippen LogP contribution in [0.5, 0.6) is 5.75 Å². The van der Waals surface area contributed by atoms with Crippen molar-refractivity contribution >= 4 is 34.2 Å². The Balaban J connectivity index is 1.30. The first kappa shape index (κ1) is 24.3. The average Bonchev–Trinajstić information content (AvgIpc) is 3.28. The molecule has 5 aromatic carbocycles. The lowest BCUT2D eigenvalue weighted by molar-refractivity contribution is 0.109. The second-order valence-corrected chi connectivity index (χ2v) is 10.3. The van der Waals surface area contributed by atoms with Gasteiger partial charge < -0.3 is 9.64 Å². The summed E-state index contributed by atoms with van der Waals surface area (Å²) in [6, 6.07) is 39.9. The summed E-state index contributed by atoms with van der Waals surface area (Å²) in [6.45, 7) is 1.34. The van der Waals surface area contributed by atoms with Crippen molar-refractivity contribution in [3.63, 3.8) is 0 Å². The van der Waals surface area contributed by atoms with Gasteiger partial charge in [0, 0.05) is 23.8 Å². The number of anilines is 1. The molecule has 4 heteroatoms. The van der Waals surface area contributed by atoms with Crippen molar-refractivity contribution in [2.24, 2.45) is 0 Å². The van der Waals surface area contributed by atoms with Crippen LogP contribution >= 0.6 is 12.6 Å². The summed E-state index contributed by atoms with van der Waals surface area (Å²) < 4.78 is 6.15. The van der Waals surface area contributed by atoms with Crippen molar-refractivity contribution < 1.29 is 9.53 Å². The summed E-state index contributed by atoms with van der Waals surface area (Å²) >= 11 is 4.14. The second kappa shape index (κ2) is 10.8. The molecule has 0 saturated carbocycles. The number of nitrogens with zero attached hydrogens (tertiary/aromatic N) is 1. The van der Waals surface area contributed by atoms with Crippen LogP contribution in [0.1, 0.15) is 32.6 Å². The van der Waals surface area contributed by atoms with Gasteiger partial charge in [-0.3, -0.25) is 4.79 Å². The molecule has 1 aliphatic heterocycles. The van der Waals surface area contributed by atoms with Crippen molar-refractivity contribution in [3.8, 4) is 5.75 Å². The zero-order valence-electron chi connectivity index (χ0n) is 21.1. The van der Waals surface area contributed by atoms with Crippen LogP contribution in [0.15, 0.2) is 115 Å². The van der Waals surface area contributed by atoms with Crippen LogP contribution in [0, 0.1) is 0 Å². The molecule has 0 amide bonds. The first-order valence-electron chi connectivity index (χ1n) is 13.0. The highest BCUT2D eigenvalue weighted by Gasteiger charge is 2.30. The number of fused-ring (bicyclic) bond motifs is 2. The number of ether oxygens (including phenoxy) is 1. The molecule has 38 heavy (non-hydrogen) atoms. The quantitative estimate of drug-likeness (QED) is 0.215. The summed E-state index contributed by atoms with van der Waals surface area (Å²) in [6.07, 6.45) is 1.66. The Morgan fingerprint density at radius 1 is 0.789 bits per heavy atom. The van der Waals surface area contributed by atoms with E-state index in [1.54, 1.807) is 0 Å². The minimum Gasteiger partial charge on any atom is -0.489 e. The minimum atomic E-state index is -0.186. The van der Waals surface area contributed by atoms with E-state index in [2.05, 4.69) is 96.4 Å². The van der Waals surface area contributed by atoms with Crippen LogP contribution < -0.4 is 9.64 Å². The van der Waals surface area contributed by atoms with Crippen LogP contribution in [0.25, 0.3) is 10.8 Å². The van der Waals surface area contributed by atoms with Crippen molar-refractivity contribution in [1.29, 1.82) is 0 Å². The van der Waals surface area contributed by atoms with Crippen molar-refractivity contribution in [3.05, 3.63) is 143 Å². The van der Waals surface area contributed by atoms with Gasteiger partial charge in [-0.2, -0.15) is 0 Å². The topological polar surface area (TPSA) is 29.5 Å². The highest BCUT2D eigenvalue weighted by atomic mass is 32.1. The number of benzene rings is 5. The van der Waals surface area contributed by atoms with Crippen LogP contribution in [-0.4, -0.2) is 11.2 Å². The molecule has 1 atom stereocenters. The first-order valence-corrected chi connectivity index (χ1v) is 13.4. The number of carbonyl (C=O) groups excluding carboxylic acids is 1. The molecule has 3 nitrogen and oxygen atoms in total. The molecule has 1 aliphatic rings. The molecule has 0 saturated heterocycles. The molecule has 6 rings (SSSR count). The van der Waals surface area contributed by atoms with Gasteiger partial charge in [0.2, 0.25) is 5.12 Å². The zero-order valence-corrected chi connectivity index (χ0v) is 22.0. The molecule has 5 aromatic rings. The van der Waals surface area contributed by atoms with Gasteiger partial charge in [-0.05, 0) is 70.1 Å². The standard InChI is InChI=1S/C34H29NO2S/c36-34(38)32-13-7-6-12-28(32)19-30-20-29-21-31(37-23-24-8-2-1-3-9-24)16-17-33(29)35(30)22-25-14-15-26-10-4-5-11-27(26)18-25/h1-18,21,30H,19-20,22-23H2,(H,36,38). The fourth-order valence-electron chi connectivity index (χ4n) is 5.49. The third-order valence-electron chi connectivity index (χ3n) is 7.38. The molecule has 0 aromatic heterocycles. The smallest absolute Gasteiger partial charge is 0.216 e. The molecular formula is C34H29NO2S. The van der Waals surface area contributed by atoms with Gasteiger partial charge >= 0.3 is 0 Å². The lowest BCUT2D eigenvalue weighted by Crippen LogP contribution is -2.33. The normalized spacial score (nSPS) is 14.4. The third-order valence-corrected chi connectivity index (χ3v) is 7.62. The second-order valence-electron chi connectivity index (χ2n) is 9.90. The maximum Gasteiger partial charge on any atom is 0.216 e. The van der Waals surface area contributed by atoms with Crippen LogP contribution in [0.4, 0.5) is 5.69 Å². The number of hydrogen-bond acceptors (Lipinski definition) is 3. The van der Waals surface area contributed by atoms with Crippen LogP contribution in [-0.2, 0) is 26.0 Å². The number of rotatable bonds is 8. The Morgan fingerprint density at radius 2 is 1.55 bits per heavy atom. The summed E-state index contributed by atoms with van der Waals surface area (Å²) in [4.78, 5) is 14.7. The lowest BCUT2D eigenvalue weighted by Gasteiger charge is -2.28. The minimum absolute atomic E-state index is 0.186. The van der Waals surface area contributed by atoms with Gasteiger partial charge in [0.25, 0.3) is 0 Å². The third kappa shape index (κ3) is 5.18. The zero-order chi connectivity index (χ0) is 25.9. The van der Waals surface area contributed by atoms with Crippen molar-refractivity contribution in [1.82, 2.24) is 0 Å². The SMILES string of the molecule is O=C(S)c1ccccc1CC1Cc2cc(OCc3ccccc3)ccc2N1Cc1ccc2ccccc2c1. The molecule has 0 spiro atoms. The Kier molecular flexibility index (Phi) is 6.89. The Morgan fingerprint density at radius 3 is 2.39 bits per heavy atom. The highest BCUT2D eigenvalue weighted by molar-refractivity contribution is 7.97. The predicted molar refractivity (Wildman–Crippen MR) is 158 cm³/mol. The molecule has 0 radical (unpaired) electrons. The van der Waals surface area contributed by atoms with E-state index < -0.39 is 0 Å². The van der Waals surface area contributed by atoms with Gasteiger partial charge in [-0.1, -0.05) is 91.0 Å². The van der Waals surface area contributed by atoms with Gasteiger partial charge in [0.15, 0.2) is 0 Å². The predicted octanol–water partition coefficient (Wildman–Crippen LogP) is 7.66. The fourth-order valence-corrected chi connectivity index (χ4v) is 5.71. The van der Waals surface area contributed by atoms with E-state index in [-0.39, 0.29) is 11.2 Å². The van der Waals surface area contributed by atoms with E-state index in [1.165, 1.54) is 27.6 Å². The van der Waals surface area contributed by atoms with Gasteiger partial charge in [0.1, 0.15) is 12.4 Å². The molecular weight excluding hydrogens is 486 g/mol. The fraction of sp³-hybridized carbons (Fsp3) is 0.147. The van der Waals surface area contributed by atoms with E-state index in [9.17, 15) is 4.79 Å². The van der Waals surface area contributed by atoms with E-state index >= 15 is 0 Å². The van der Waals surface area contributed by atoms with E-state index in [1.807, 2.05) is 36.4 Å². The largest absolute Gasteiger partial charge is 0.489 e. The van der Waals surface area contributed by atoms with E-state index in [4.69, 9.17) is 4.74 Å². The number of hydrogen-bond donors (Lipinski definition) is 1. The van der Waals surface area contributed by atoms with E-state index in [0.717, 1.165) is 36.3 Å². The van der Waals surface area contributed by atoms with E-state index in [0.29, 0.717) is 12.2 Å². The maximum absolute atomic E-state index is 12.2. The lowest BCUT2D eigenvalue weighted by atomic mass is 9.98. The molecule has 0 aliphatic carbocycles. The molecule has 1 unspecified atom stereocenters.